The van der Waals surface area contributed by atoms with Gasteiger partial charge in [0.15, 0.2) is 17.3 Å². The van der Waals surface area contributed by atoms with Gasteiger partial charge in [0.25, 0.3) is 0 Å². The smallest absolute Gasteiger partial charge is 0.233 e. The minimum Gasteiger partial charge on any atom is -0.497 e. The van der Waals surface area contributed by atoms with Crippen LogP contribution in [-0.4, -0.2) is 32.3 Å². The van der Waals surface area contributed by atoms with Gasteiger partial charge in [-0.3, -0.25) is 4.79 Å². The van der Waals surface area contributed by atoms with Gasteiger partial charge in [-0.15, -0.1) is 0 Å². The van der Waals surface area contributed by atoms with E-state index in [-0.39, 0.29) is 17.6 Å². The number of allylic oxidation sites excluding steroid dienone is 2. The fourth-order valence-corrected chi connectivity index (χ4v) is 4.97. The summed E-state index contributed by atoms with van der Waals surface area (Å²) >= 11 is 0. The highest BCUT2D eigenvalue weighted by atomic mass is 16.5. The number of hydrogen-bond donors (Lipinski definition) is 1. The van der Waals surface area contributed by atoms with Gasteiger partial charge in [0.05, 0.1) is 32.6 Å². The van der Waals surface area contributed by atoms with Crippen molar-refractivity contribution < 1.29 is 23.5 Å². The molecule has 1 aromatic heterocycles. The number of ether oxygens (including phenoxy) is 3. The van der Waals surface area contributed by atoms with Crippen molar-refractivity contribution in [2.75, 3.05) is 26.6 Å². The molecule has 3 aromatic rings. The summed E-state index contributed by atoms with van der Waals surface area (Å²) in [6.07, 6.45) is 1.09. The first-order valence-corrected chi connectivity index (χ1v) is 10.9. The highest BCUT2D eigenvalue weighted by molar-refractivity contribution is 6.01. The van der Waals surface area contributed by atoms with Crippen LogP contribution in [0.4, 0.5) is 5.88 Å². The lowest BCUT2D eigenvalue weighted by Crippen LogP contribution is -2.29. The second kappa shape index (κ2) is 8.31. The second-order valence-corrected chi connectivity index (χ2v) is 8.38. The molecule has 2 heterocycles. The number of benzene rings is 2. The van der Waals surface area contributed by atoms with Crippen LogP contribution in [0.1, 0.15) is 47.1 Å². The van der Waals surface area contributed by atoms with Crippen LogP contribution >= 0.6 is 0 Å². The van der Waals surface area contributed by atoms with Gasteiger partial charge in [-0.2, -0.15) is 0 Å². The number of aryl methyl sites for hydroxylation is 1. The van der Waals surface area contributed by atoms with Crippen LogP contribution in [0.5, 0.6) is 17.2 Å². The number of methoxy groups -OCH3 is 3. The van der Waals surface area contributed by atoms with Crippen molar-refractivity contribution in [1.82, 2.24) is 5.16 Å². The quantitative estimate of drug-likeness (QED) is 0.593. The minimum atomic E-state index is -0.253. The predicted octanol–water partition coefficient (Wildman–Crippen LogP) is 4.97. The number of rotatable bonds is 5. The number of Topliss-reactive ketones (excluding diaryl/α,β-unsaturated/α-hetero) is 1. The summed E-state index contributed by atoms with van der Waals surface area (Å²) in [6, 6.07) is 13.7. The third kappa shape index (κ3) is 3.53. The third-order valence-electron chi connectivity index (χ3n) is 6.56. The molecule has 2 aromatic carbocycles. The molecule has 0 saturated carbocycles. The monoisotopic (exact) mass is 446 g/mol. The van der Waals surface area contributed by atoms with Crippen LogP contribution in [0.2, 0.25) is 0 Å². The van der Waals surface area contributed by atoms with E-state index in [2.05, 4.69) is 10.5 Å². The number of ketones is 1. The lowest BCUT2D eigenvalue weighted by atomic mass is 9.72. The van der Waals surface area contributed by atoms with E-state index in [9.17, 15) is 4.79 Å². The first-order valence-electron chi connectivity index (χ1n) is 10.9. The van der Waals surface area contributed by atoms with Crippen molar-refractivity contribution in [2.24, 2.45) is 0 Å². The van der Waals surface area contributed by atoms with Crippen molar-refractivity contribution in [2.45, 2.75) is 31.6 Å². The molecule has 0 radical (unpaired) electrons. The summed E-state index contributed by atoms with van der Waals surface area (Å²) in [5.74, 6) is 2.54. The van der Waals surface area contributed by atoms with E-state index < -0.39 is 0 Å². The van der Waals surface area contributed by atoms with E-state index >= 15 is 0 Å². The maximum absolute atomic E-state index is 13.6. The Morgan fingerprint density at radius 1 is 0.970 bits per heavy atom. The number of nitrogens with zero attached hydrogens (tertiary/aromatic N) is 1. The van der Waals surface area contributed by atoms with Gasteiger partial charge in [-0.1, -0.05) is 23.4 Å². The Labute approximate surface area is 192 Å². The summed E-state index contributed by atoms with van der Waals surface area (Å²) in [4.78, 5) is 13.6. The van der Waals surface area contributed by atoms with Crippen LogP contribution in [0, 0.1) is 6.92 Å². The topological polar surface area (TPSA) is 82.8 Å². The summed E-state index contributed by atoms with van der Waals surface area (Å²) < 4.78 is 21.9. The van der Waals surface area contributed by atoms with Crippen LogP contribution in [0.25, 0.3) is 0 Å². The lowest BCUT2D eigenvalue weighted by molar-refractivity contribution is -0.116. The van der Waals surface area contributed by atoms with Crippen molar-refractivity contribution in [3.63, 3.8) is 0 Å². The molecule has 1 N–H and O–H groups in total. The number of hydrogen-bond acceptors (Lipinski definition) is 7. The standard InChI is InChI=1S/C26H26N2O5/c1-14-23-24(16-6-5-7-18(10-16)30-2)25-19(27-26(23)33-28-14)11-17(12-20(25)29)15-8-9-21(31-3)22(13-15)32-4/h5-10,13,17,24,27H,11-12H2,1-4H3/t17-,24+/m0/s1. The molecule has 0 saturated heterocycles. The van der Waals surface area contributed by atoms with Crippen LogP contribution in [0.15, 0.2) is 58.3 Å². The molecule has 1 aliphatic heterocycles. The first kappa shape index (κ1) is 21.1. The average molecular weight is 447 g/mol. The zero-order valence-corrected chi connectivity index (χ0v) is 19.1. The molecular formula is C26H26N2O5. The zero-order chi connectivity index (χ0) is 23.1. The Morgan fingerprint density at radius 2 is 1.79 bits per heavy atom. The molecule has 0 unspecified atom stereocenters. The Hall–Kier alpha value is -3.74. The maximum atomic E-state index is 13.6. The largest absolute Gasteiger partial charge is 0.497 e. The van der Waals surface area contributed by atoms with E-state index in [1.165, 1.54) is 0 Å². The Morgan fingerprint density at radius 3 is 2.55 bits per heavy atom. The minimum absolute atomic E-state index is 0.0140. The molecule has 0 amide bonds. The highest BCUT2D eigenvalue weighted by Crippen LogP contribution is 2.49. The van der Waals surface area contributed by atoms with E-state index in [1.54, 1.807) is 21.3 Å². The molecule has 5 rings (SSSR count). The van der Waals surface area contributed by atoms with Gasteiger partial charge in [-0.25, -0.2) is 0 Å². The van der Waals surface area contributed by atoms with E-state index in [1.807, 2.05) is 49.4 Å². The molecule has 7 nitrogen and oxygen atoms in total. The van der Waals surface area contributed by atoms with Crippen molar-refractivity contribution >= 4 is 11.7 Å². The molecule has 2 aliphatic rings. The Balaban J connectivity index is 1.58. The average Bonchev–Trinajstić information content (AvgIpc) is 3.22. The molecule has 2 atom stereocenters. The molecule has 170 valence electrons. The number of anilines is 1. The summed E-state index contributed by atoms with van der Waals surface area (Å²) in [7, 11) is 4.87. The van der Waals surface area contributed by atoms with Gasteiger partial charge >= 0.3 is 0 Å². The lowest BCUT2D eigenvalue weighted by Gasteiger charge is -2.34. The van der Waals surface area contributed by atoms with Crippen LogP contribution < -0.4 is 19.5 Å². The Bertz CT molecular complexity index is 1260. The van der Waals surface area contributed by atoms with Crippen molar-refractivity contribution in [3.8, 4) is 17.2 Å². The molecule has 33 heavy (non-hydrogen) atoms. The number of fused-ring (bicyclic) bond motifs is 1. The molecule has 0 fully saturated rings. The summed E-state index contributed by atoms with van der Waals surface area (Å²) in [6.45, 7) is 1.91. The van der Waals surface area contributed by atoms with E-state index in [4.69, 9.17) is 18.7 Å². The van der Waals surface area contributed by atoms with Crippen molar-refractivity contribution in [3.05, 3.63) is 76.1 Å². The fourth-order valence-electron chi connectivity index (χ4n) is 4.97. The first-order chi connectivity index (χ1) is 16.0. The second-order valence-electron chi connectivity index (χ2n) is 8.38. The van der Waals surface area contributed by atoms with Crippen LogP contribution in [0.3, 0.4) is 0 Å². The molecule has 7 heteroatoms. The van der Waals surface area contributed by atoms with E-state index in [0.717, 1.165) is 39.4 Å². The molecule has 0 spiro atoms. The zero-order valence-electron chi connectivity index (χ0n) is 19.1. The van der Waals surface area contributed by atoms with Gasteiger partial charge in [0.1, 0.15) is 5.75 Å². The van der Waals surface area contributed by atoms with Gasteiger partial charge < -0.3 is 24.1 Å². The summed E-state index contributed by atoms with van der Waals surface area (Å²) in [5.41, 5.74) is 5.34. The van der Waals surface area contributed by atoms with Gasteiger partial charge in [0.2, 0.25) is 5.88 Å². The van der Waals surface area contributed by atoms with Crippen molar-refractivity contribution in [1.29, 1.82) is 0 Å². The van der Waals surface area contributed by atoms with Gasteiger partial charge in [0, 0.05) is 23.6 Å². The summed E-state index contributed by atoms with van der Waals surface area (Å²) in [5, 5.41) is 7.55. The van der Waals surface area contributed by atoms with Gasteiger partial charge in [-0.05, 0) is 54.7 Å². The highest BCUT2D eigenvalue weighted by Gasteiger charge is 2.41. The third-order valence-corrected chi connectivity index (χ3v) is 6.56. The molecular weight excluding hydrogens is 420 g/mol. The number of aromatic nitrogens is 1. The predicted molar refractivity (Wildman–Crippen MR) is 123 cm³/mol. The number of carbonyl (C=O) groups is 1. The normalized spacial score (nSPS) is 19.5. The van der Waals surface area contributed by atoms with E-state index in [0.29, 0.717) is 30.2 Å². The number of nitrogens with one attached hydrogen (secondary N) is 1. The Kier molecular flexibility index (Phi) is 5.32. The molecule has 1 aliphatic carbocycles. The SMILES string of the molecule is COc1cccc([C@H]2C3=C(C[C@H](c4ccc(OC)c(OC)c4)CC3=O)Nc3onc(C)c32)c1. The molecule has 0 bridgehead atoms. The fraction of sp³-hybridized carbons (Fsp3) is 0.308. The maximum Gasteiger partial charge on any atom is 0.233 e. The van der Waals surface area contributed by atoms with Crippen LogP contribution in [-0.2, 0) is 4.79 Å². The number of carbonyl (C=O) groups excluding carboxylic acids is 1.